The lowest BCUT2D eigenvalue weighted by Crippen LogP contribution is -2.54. The molecule has 164 valence electrons. The van der Waals surface area contributed by atoms with Gasteiger partial charge in [0, 0.05) is 10.6 Å². The van der Waals surface area contributed by atoms with Gasteiger partial charge in [-0.15, -0.1) is 10.2 Å². The van der Waals surface area contributed by atoms with Crippen LogP contribution in [0.4, 0.5) is 10.5 Å². The molecule has 2 atom stereocenters. The summed E-state index contributed by atoms with van der Waals surface area (Å²) < 4.78 is 0.837. The molecule has 4 amide bonds. The highest BCUT2D eigenvalue weighted by Gasteiger charge is 2.56. The van der Waals surface area contributed by atoms with Gasteiger partial charge >= 0.3 is 6.03 Å². The van der Waals surface area contributed by atoms with Crippen LogP contribution < -0.4 is 10.6 Å². The molecule has 0 radical (unpaired) electrons. The van der Waals surface area contributed by atoms with Crippen molar-refractivity contribution < 1.29 is 14.4 Å². The second kappa shape index (κ2) is 8.23. The summed E-state index contributed by atoms with van der Waals surface area (Å²) in [6, 6.07) is 6.81. The number of imide groups is 1. The Bertz CT molecular complexity index is 993. The molecule has 4 rings (SSSR count). The zero-order valence-corrected chi connectivity index (χ0v) is 19.3. The van der Waals surface area contributed by atoms with Crippen molar-refractivity contribution in [2.45, 2.75) is 54.8 Å². The standard InChI is InChI=1S/C21H25N5O3S2/c1-13-8-20(2,3)11-21(9-13)17(28)26(18(29)24-21)10-16(27)23-14-4-6-15(7-5-14)31-19-25-22-12-30-19/h4-7,12-13H,8-11H2,1-3H3,(H,23,27)(H,24,29)/t13-,21+/m1/s1. The fourth-order valence-corrected chi connectivity index (χ4v) is 6.36. The first-order chi connectivity index (χ1) is 14.7. The number of nitrogens with zero attached hydrogens (tertiary/aromatic N) is 3. The largest absolute Gasteiger partial charge is 0.325 e. The van der Waals surface area contributed by atoms with Gasteiger partial charge in [-0.05, 0) is 54.9 Å². The van der Waals surface area contributed by atoms with Gasteiger partial charge in [0.05, 0.1) is 0 Å². The van der Waals surface area contributed by atoms with Crippen molar-refractivity contribution in [3.8, 4) is 0 Å². The molecule has 1 aliphatic carbocycles. The smallest absolute Gasteiger partial charge is 0.325 e. The first-order valence-electron chi connectivity index (χ1n) is 10.1. The van der Waals surface area contributed by atoms with E-state index >= 15 is 0 Å². The molecule has 1 saturated carbocycles. The third kappa shape index (κ3) is 4.74. The predicted molar refractivity (Wildman–Crippen MR) is 119 cm³/mol. The van der Waals surface area contributed by atoms with E-state index in [1.807, 2.05) is 12.1 Å². The first-order valence-corrected chi connectivity index (χ1v) is 11.8. The number of anilines is 1. The van der Waals surface area contributed by atoms with Crippen molar-refractivity contribution in [3.63, 3.8) is 0 Å². The van der Waals surface area contributed by atoms with Crippen LogP contribution in [0, 0.1) is 11.3 Å². The number of aromatic nitrogens is 2. The van der Waals surface area contributed by atoms with Crippen LogP contribution in [-0.2, 0) is 9.59 Å². The lowest BCUT2D eigenvalue weighted by Gasteiger charge is -2.43. The van der Waals surface area contributed by atoms with Crippen LogP contribution in [0.1, 0.15) is 40.0 Å². The number of hydrogen-bond acceptors (Lipinski definition) is 7. The van der Waals surface area contributed by atoms with Crippen molar-refractivity contribution in [2.75, 3.05) is 11.9 Å². The van der Waals surface area contributed by atoms with Crippen molar-refractivity contribution in [1.82, 2.24) is 20.4 Å². The van der Waals surface area contributed by atoms with E-state index < -0.39 is 17.5 Å². The minimum Gasteiger partial charge on any atom is -0.325 e. The van der Waals surface area contributed by atoms with Gasteiger partial charge in [0.15, 0.2) is 4.34 Å². The van der Waals surface area contributed by atoms with Crippen LogP contribution in [0.5, 0.6) is 0 Å². The number of urea groups is 1. The van der Waals surface area contributed by atoms with Crippen LogP contribution in [0.3, 0.4) is 0 Å². The zero-order valence-electron chi connectivity index (χ0n) is 17.7. The number of nitrogens with one attached hydrogen (secondary N) is 2. The van der Waals surface area contributed by atoms with Crippen molar-refractivity contribution >= 4 is 46.6 Å². The quantitative estimate of drug-likeness (QED) is 0.660. The van der Waals surface area contributed by atoms with Crippen molar-refractivity contribution in [2.24, 2.45) is 11.3 Å². The topological polar surface area (TPSA) is 104 Å². The molecule has 0 bridgehead atoms. The van der Waals surface area contributed by atoms with Crippen LogP contribution in [0.15, 0.2) is 39.0 Å². The molecule has 31 heavy (non-hydrogen) atoms. The highest BCUT2D eigenvalue weighted by Crippen LogP contribution is 2.46. The number of benzene rings is 1. The number of amides is 4. The van der Waals surface area contributed by atoms with Gasteiger partial charge in [-0.3, -0.25) is 14.5 Å². The molecule has 1 spiro atoms. The number of carbonyl (C=O) groups excluding carboxylic acids is 3. The highest BCUT2D eigenvalue weighted by molar-refractivity contribution is 8.01. The SMILES string of the molecule is C[C@@H]1CC(C)(C)C[C@]2(C1)NC(=O)N(CC(=O)Nc1ccc(Sc3nncs3)cc1)C2=O. The van der Waals surface area contributed by atoms with Gasteiger partial charge < -0.3 is 10.6 Å². The Morgan fingerprint density at radius 3 is 2.68 bits per heavy atom. The van der Waals surface area contributed by atoms with Crippen LogP contribution in [0.25, 0.3) is 0 Å². The predicted octanol–water partition coefficient (Wildman–Crippen LogP) is 3.76. The van der Waals surface area contributed by atoms with E-state index in [-0.39, 0.29) is 17.9 Å². The average Bonchev–Trinajstić information content (AvgIpc) is 3.24. The summed E-state index contributed by atoms with van der Waals surface area (Å²) in [5, 5.41) is 13.5. The average molecular weight is 460 g/mol. The minimum absolute atomic E-state index is 0.0483. The molecule has 8 nitrogen and oxygen atoms in total. The van der Waals surface area contributed by atoms with E-state index in [2.05, 4.69) is 41.6 Å². The first kappa shape index (κ1) is 21.8. The summed E-state index contributed by atoms with van der Waals surface area (Å²) in [6.07, 6.45) is 2.19. The Balaban J connectivity index is 1.38. The normalized spacial score (nSPS) is 25.0. The molecule has 1 aliphatic heterocycles. The summed E-state index contributed by atoms with van der Waals surface area (Å²) in [5.74, 6) is -0.386. The highest BCUT2D eigenvalue weighted by atomic mass is 32.2. The molecule has 2 aromatic rings. The fourth-order valence-electron chi connectivity index (χ4n) is 4.91. The number of carbonyl (C=O) groups is 3. The maximum absolute atomic E-state index is 13.2. The van der Waals surface area contributed by atoms with Gasteiger partial charge in [-0.1, -0.05) is 43.9 Å². The molecule has 10 heteroatoms. The van der Waals surface area contributed by atoms with E-state index in [4.69, 9.17) is 0 Å². The second-order valence-corrected chi connectivity index (χ2v) is 11.3. The van der Waals surface area contributed by atoms with E-state index in [1.54, 1.807) is 17.6 Å². The Morgan fingerprint density at radius 1 is 1.29 bits per heavy atom. The molecule has 1 saturated heterocycles. The molecule has 0 unspecified atom stereocenters. The van der Waals surface area contributed by atoms with E-state index in [1.165, 1.54) is 23.1 Å². The molecule has 2 aliphatic rings. The van der Waals surface area contributed by atoms with Crippen LogP contribution in [0.2, 0.25) is 0 Å². The summed E-state index contributed by atoms with van der Waals surface area (Å²) in [6.45, 7) is 6.03. The van der Waals surface area contributed by atoms with Crippen LogP contribution in [-0.4, -0.2) is 45.0 Å². The molecule has 1 aromatic heterocycles. The Kier molecular flexibility index (Phi) is 5.78. The molecule has 2 heterocycles. The van der Waals surface area contributed by atoms with Gasteiger partial charge in [-0.25, -0.2) is 4.79 Å². The molecular formula is C21H25N5O3S2. The van der Waals surface area contributed by atoms with Crippen molar-refractivity contribution in [3.05, 3.63) is 29.8 Å². The molecule has 2 fully saturated rings. The van der Waals surface area contributed by atoms with Gasteiger partial charge in [0.2, 0.25) is 5.91 Å². The van der Waals surface area contributed by atoms with Crippen LogP contribution >= 0.6 is 23.1 Å². The lowest BCUT2D eigenvalue weighted by molar-refractivity contribution is -0.136. The van der Waals surface area contributed by atoms with Gasteiger partial charge in [0.1, 0.15) is 17.6 Å². The van der Waals surface area contributed by atoms with E-state index in [0.717, 1.165) is 20.6 Å². The van der Waals surface area contributed by atoms with Gasteiger partial charge in [0.25, 0.3) is 5.91 Å². The molecule has 2 N–H and O–H groups in total. The summed E-state index contributed by atoms with van der Waals surface area (Å²) in [4.78, 5) is 40.3. The Labute approximate surface area is 189 Å². The van der Waals surface area contributed by atoms with E-state index in [0.29, 0.717) is 24.4 Å². The summed E-state index contributed by atoms with van der Waals surface area (Å²) >= 11 is 2.94. The number of hydrogen-bond donors (Lipinski definition) is 2. The molecular weight excluding hydrogens is 434 g/mol. The number of rotatable bonds is 5. The Morgan fingerprint density at radius 2 is 2.03 bits per heavy atom. The Hall–Kier alpha value is -2.46. The van der Waals surface area contributed by atoms with Gasteiger partial charge in [-0.2, -0.15) is 0 Å². The summed E-state index contributed by atoms with van der Waals surface area (Å²) in [5.41, 5.74) is 1.32. The maximum Gasteiger partial charge on any atom is 0.325 e. The second-order valence-electron chi connectivity index (χ2n) is 9.14. The third-order valence-electron chi connectivity index (χ3n) is 5.61. The maximum atomic E-state index is 13.2. The zero-order chi connectivity index (χ0) is 22.2. The van der Waals surface area contributed by atoms with E-state index in [9.17, 15) is 14.4 Å². The summed E-state index contributed by atoms with van der Waals surface area (Å²) in [7, 11) is 0. The van der Waals surface area contributed by atoms with Crippen molar-refractivity contribution in [1.29, 1.82) is 0 Å². The fraction of sp³-hybridized carbons (Fsp3) is 0.476. The molecule has 1 aromatic carbocycles. The monoisotopic (exact) mass is 459 g/mol. The minimum atomic E-state index is -0.901. The lowest BCUT2D eigenvalue weighted by atomic mass is 9.64. The third-order valence-corrected chi connectivity index (χ3v) is 7.39.